The molecule has 0 unspecified atom stereocenters. The Balaban J connectivity index is 2.40. The molecule has 15 heavy (non-hydrogen) atoms. The van der Waals surface area contributed by atoms with Crippen molar-refractivity contribution in [2.24, 2.45) is 0 Å². The predicted molar refractivity (Wildman–Crippen MR) is 60.7 cm³/mol. The second-order valence-corrected chi connectivity index (χ2v) is 6.70. The van der Waals surface area contributed by atoms with E-state index < -0.39 is 9.84 Å². The van der Waals surface area contributed by atoms with Crippen LogP contribution in [-0.4, -0.2) is 13.7 Å². The third kappa shape index (κ3) is 2.07. The molecule has 0 bridgehead atoms. The van der Waals surface area contributed by atoms with Gasteiger partial charge < -0.3 is 0 Å². The zero-order valence-corrected chi connectivity index (χ0v) is 9.92. The van der Waals surface area contributed by atoms with Crippen LogP contribution < -0.4 is 0 Å². The van der Waals surface area contributed by atoms with Gasteiger partial charge in [-0.05, 0) is 36.5 Å². The number of hydrogen-bond donors (Lipinski definition) is 0. The van der Waals surface area contributed by atoms with Crippen molar-refractivity contribution in [3.63, 3.8) is 0 Å². The molecule has 1 aliphatic carbocycles. The minimum atomic E-state index is -3.02. The van der Waals surface area contributed by atoms with Gasteiger partial charge in [-0.15, -0.1) is 0 Å². The van der Waals surface area contributed by atoms with Gasteiger partial charge in [-0.25, -0.2) is 8.42 Å². The summed E-state index contributed by atoms with van der Waals surface area (Å²) in [6.45, 7) is 4.14. The van der Waals surface area contributed by atoms with Crippen LogP contribution >= 0.6 is 0 Å². The fourth-order valence-corrected chi connectivity index (χ4v) is 3.33. The summed E-state index contributed by atoms with van der Waals surface area (Å²) in [6, 6.07) is 7.35. The van der Waals surface area contributed by atoms with Crippen LogP contribution in [0.5, 0.6) is 0 Å². The van der Waals surface area contributed by atoms with E-state index in [2.05, 4.69) is 13.8 Å². The summed E-state index contributed by atoms with van der Waals surface area (Å²) >= 11 is 0. The Kier molecular flexibility index (Phi) is 2.59. The maximum Gasteiger partial charge on any atom is 0.181 e. The molecule has 0 atom stereocenters. The molecule has 1 aromatic carbocycles. The summed E-state index contributed by atoms with van der Waals surface area (Å²) in [5.41, 5.74) is 1.09. The molecule has 0 radical (unpaired) electrons. The first kappa shape index (κ1) is 10.7. The van der Waals surface area contributed by atoms with Gasteiger partial charge in [0, 0.05) is 0 Å². The Hall–Kier alpha value is -0.830. The van der Waals surface area contributed by atoms with Crippen molar-refractivity contribution in [2.45, 2.75) is 42.8 Å². The third-order valence-electron chi connectivity index (χ3n) is 2.82. The summed E-state index contributed by atoms with van der Waals surface area (Å²) in [7, 11) is -3.02. The molecule has 0 heterocycles. The zero-order valence-electron chi connectivity index (χ0n) is 9.10. The molecule has 3 heteroatoms. The van der Waals surface area contributed by atoms with Crippen LogP contribution in [0.4, 0.5) is 0 Å². The van der Waals surface area contributed by atoms with Crippen LogP contribution in [0.2, 0.25) is 0 Å². The summed E-state index contributed by atoms with van der Waals surface area (Å²) < 4.78 is 23.9. The number of rotatable bonds is 3. The van der Waals surface area contributed by atoms with Crippen molar-refractivity contribution in [1.82, 2.24) is 0 Å². The standard InChI is InChI=1S/C12H16O2S/c1-9(2)10-4-3-5-12(8-10)15(13,14)11-6-7-11/h3-5,8-9,11H,6-7H2,1-2H3. The van der Waals surface area contributed by atoms with Crippen molar-refractivity contribution >= 4 is 9.84 Å². The maximum absolute atomic E-state index is 12.0. The van der Waals surface area contributed by atoms with E-state index in [4.69, 9.17) is 0 Å². The summed E-state index contributed by atoms with van der Waals surface area (Å²) in [5, 5.41) is -0.111. The van der Waals surface area contributed by atoms with E-state index in [0.29, 0.717) is 10.8 Å². The minimum Gasteiger partial charge on any atom is -0.223 e. The summed E-state index contributed by atoms with van der Waals surface area (Å²) in [6.07, 6.45) is 1.66. The van der Waals surface area contributed by atoms with Crippen LogP contribution in [0.15, 0.2) is 29.2 Å². The normalized spacial score (nSPS) is 17.0. The van der Waals surface area contributed by atoms with Gasteiger partial charge in [0.2, 0.25) is 0 Å². The molecule has 1 aliphatic rings. The molecule has 2 nitrogen and oxygen atoms in total. The van der Waals surface area contributed by atoms with Gasteiger partial charge in [-0.2, -0.15) is 0 Å². The molecule has 0 saturated heterocycles. The van der Waals surface area contributed by atoms with E-state index >= 15 is 0 Å². The molecule has 2 rings (SSSR count). The molecule has 1 saturated carbocycles. The highest BCUT2D eigenvalue weighted by atomic mass is 32.2. The Morgan fingerprint density at radius 2 is 1.93 bits per heavy atom. The highest BCUT2D eigenvalue weighted by Crippen LogP contribution is 2.34. The molecule has 1 aromatic rings. The molecule has 0 spiro atoms. The van der Waals surface area contributed by atoms with Crippen molar-refractivity contribution in [2.75, 3.05) is 0 Å². The second-order valence-electron chi connectivity index (χ2n) is 4.47. The van der Waals surface area contributed by atoms with Crippen LogP contribution in [0.1, 0.15) is 38.2 Å². The SMILES string of the molecule is CC(C)c1cccc(S(=O)(=O)C2CC2)c1. The van der Waals surface area contributed by atoms with Crippen LogP contribution in [-0.2, 0) is 9.84 Å². The fourth-order valence-electron chi connectivity index (χ4n) is 1.62. The van der Waals surface area contributed by atoms with Crippen molar-refractivity contribution < 1.29 is 8.42 Å². The van der Waals surface area contributed by atoms with E-state index in [1.807, 2.05) is 18.2 Å². The van der Waals surface area contributed by atoms with Gasteiger partial charge in [0.15, 0.2) is 9.84 Å². The fraction of sp³-hybridized carbons (Fsp3) is 0.500. The summed E-state index contributed by atoms with van der Waals surface area (Å²) in [5.74, 6) is 0.374. The van der Waals surface area contributed by atoms with Crippen LogP contribution in [0.3, 0.4) is 0 Å². The van der Waals surface area contributed by atoms with Gasteiger partial charge in [-0.3, -0.25) is 0 Å². The number of benzene rings is 1. The smallest absolute Gasteiger partial charge is 0.181 e. The van der Waals surface area contributed by atoms with Crippen molar-refractivity contribution in [1.29, 1.82) is 0 Å². The van der Waals surface area contributed by atoms with Crippen molar-refractivity contribution in [3.05, 3.63) is 29.8 Å². The third-order valence-corrected chi connectivity index (χ3v) is 5.08. The van der Waals surface area contributed by atoms with Gasteiger partial charge in [0.1, 0.15) is 0 Å². The highest BCUT2D eigenvalue weighted by molar-refractivity contribution is 7.92. The van der Waals surface area contributed by atoms with Crippen LogP contribution in [0, 0.1) is 0 Å². The van der Waals surface area contributed by atoms with Gasteiger partial charge in [0.05, 0.1) is 10.1 Å². The summed E-state index contributed by atoms with van der Waals surface area (Å²) in [4.78, 5) is 0.496. The first-order valence-corrected chi connectivity index (χ1v) is 6.90. The lowest BCUT2D eigenvalue weighted by Crippen LogP contribution is -2.07. The maximum atomic E-state index is 12.0. The van der Waals surface area contributed by atoms with Crippen LogP contribution in [0.25, 0.3) is 0 Å². The average molecular weight is 224 g/mol. The molecule has 0 aliphatic heterocycles. The van der Waals surface area contributed by atoms with E-state index in [-0.39, 0.29) is 5.25 Å². The van der Waals surface area contributed by atoms with E-state index in [1.54, 1.807) is 6.07 Å². The van der Waals surface area contributed by atoms with Gasteiger partial charge in [-0.1, -0.05) is 26.0 Å². The van der Waals surface area contributed by atoms with Gasteiger partial charge in [0.25, 0.3) is 0 Å². The molecule has 82 valence electrons. The van der Waals surface area contributed by atoms with E-state index in [0.717, 1.165) is 18.4 Å². The van der Waals surface area contributed by atoms with Crippen molar-refractivity contribution in [3.8, 4) is 0 Å². The van der Waals surface area contributed by atoms with Gasteiger partial charge >= 0.3 is 0 Å². The molecule has 0 N–H and O–H groups in total. The topological polar surface area (TPSA) is 34.1 Å². The Bertz CT molecular complexity index is 456. The minimum absolute atomic E-state index is 0.111. The zero-order chi connectivity index (χ0) is 11.1. The van der Waals surface area contributed by atoms with E-state index in [9.17, 15) is 8.42 Å². The lowest BCUT2D eigenvalue weighted by atomic mass is 10.0. The quantitative estimate of drug-likeness (QED) is 0.791. The first-order chi connectivity index (χ1) is 7.01. The monoisotopic (exact) mass is 224 g/mol. The molecule has 0 aromatic heterocycles. The van der Waals surface area contributed by atoms with E-state index in [1.165, 1.54) is 0 Å². The molecular formula is C12H16O2S. The second kappa shape index (κ2) is 3.63. The molecule has 1 fully saturated rings. The number of hydrogen-bond acceptors (Lipinski definition) is 2. The Morgan fingerprint density at radius 1 is 1.27 bits per heavy atom. The first-order valence-electron chi connectivity index (χ1n) is 5.35. The predicted octanol–water partition coefficient (Wildman–Crippen LogP) is 2.75. The lowest BCUT2D eigenvalue weighted by Gasteiger charge is -2.08. The Labute approximate surface area is 91.2 Å². The Morgan fingerprint density at radius 3 is 2.47 bits per heavy atom. The highest BCUT2D eigenvalue weighted by Gasteiger charge is 2.36. The largest absolute Gasteiger partial charge is 0.223 e. The average Bonchev–Trinajstić information content (AvgIpc) is 3.01. The molecular weight excluding hydrogens is 208 g/mol. The molecule has 0 amide bonds. The number of sulfone groups is 1. The lowest BCUT2D eigenvalue weighted by molar-refractivity contribution is 0.594.